The van der Waals surface area contributed by atoms with Crippen LogP contribution in [-0.4, -0.2) is 51.7 Å². The minimum Gasteiger partial charge on any atom is -0.383 e. The third kappa shape index (κ3) is 6.14. The summed E-state index contributed by atoms with van der Waals surface area (Å²) in [5, 5.41) is 2.60. The number of rotatable bonds is 8. The normalized spacial score (nSPS) is 11.6. The predicted octanol–water partition coefficient (Wildman–Crippen LogP) is 0.211. The van der Waals surface area contributed by atoms with E-state index in [0.29, 0.717) is 13.2 Å². The van der Waals surface area contributed by atoms with Crippen LogP contribution in [0.5, 0.6) is 0 Å². The zero-order chi connectivity index (χ0) is 15.0. The maximum atomic E-state index is 11.7. The quantitative estimate of drug-likeness (QED) is 0.696. The van der Waals surface area contributed by atoms with Gasteiger partial charge in [0.25, 0.3) is 0 Å². The maximum absolute atomic E-state index is 11.7. The van der Waals surface area contributed by atoms with Crippen LogP contribution in [0.15, 0.2) is 30.3 Å². The summed E-state index contributed by atoms with van der Waals surface area (Å²) in [4.78, 5) is 11.7. The second-order valence-electron chi connectivity index (χ2n) is 4.36. The molecule has 0 aliphatic rings. The Hall–Kier alpha value is -1.44. The molecular weight excluding hydrogens is 280 g/mol. The van der Waals surface area contributed by atoms with Gasteiger partial charge in [0.05, 0.1) is 19.4 Å². The van der Waals surface area contributed by atoms with Gasteiger partial charge in [0.2, 0.25) is 15.9 Å². The zero-order valence-electron chi connectivity index (χ0n) is 11.7. The van der Waals surface area contributed by atoms with Gasteiger partial charge in [0.15, 0.2) is 0 Å². The number of amides is 1. The fourth-order valence-corrected chi connectivity index (χ4v) is 2.32. The van der Waals surface area contributed by atoms with Crippen molar-refractivity contribution in [3.05, 3.63) is 35.9 Å². The summed E-state index contributed by atoms with van der Waals surface area (Å²) in [6, 6.07) is 9.15. The summed E-state index contributed by atoms with van der Waals surface area (Å²) in [6.45, 7) is 0.733. The lowest BCUT2D eigenvalue weighted by molar-refractivity contribution is -0.121. The SMILES string of the molecule is COCCNC(=O)CN(Cc1ccccc1)S(C)(=O)=O. The molecule has 112 valence electrons. The van der Waals surface area contributed by atoms with Crippen molar-refractivity contribution in [3.8, 4) is 0 Å². The highest BCUT2D eigenvalue weighted by Gasteiger charge is 2.20. The molecule has 20 heavy (non-hydrogen) atoms. The van der Waals surface area contributed by atoms with Gasteiger partial charge in [-0.3, -0.25) is 4.79 Å². The van der Waals surface area contributed by atoms with E-state index in [1.807, 2.05) is 30.3 Å². The molecule has 1 aromatic carbocycles. The Kier molecular flexibility index (Phi) is 6.63. The summed E-state index contributed by atoms with van der Waals surface area (Å²) >= 11 is 0. The Morgan fingerprint density at radius 2 is 1.95 bits per heavy atom. The fraction of sp³-hybridized carbons (Fsp3) is 0.462. The molecule has 6 nitrogen and oxygen atoms in total. The number of nitrogens with zero attached hydrogens (tertiary/aromatic N) is 1. The number of hydrogen-bond donors (Lipinski definition) is 1. The minimum absolute atomic E-state index is 0.178. The van der Waals surface area contributed by atoms with Crippen LogP contribution < -0.4 is 5.32 Å². The van der Waals surface area contributed by atoms with Crippen molar-refractivity contribution >= 4 is 15.9 Å². The molecule has 0 aromatic heterocycles. The summed E-state index contributed by atoms with van der Waals surface area (Å²) in [5.41, 5.74) is 0.836. The Labute approximate surface area is 119 Å². The standard InChI is InChI=1S/C13H20N2O4S/c1-19-9-8-14-13(16)11-15(20(2,17)18)10-12-6-4-3-5-7-12/h3-7H,8-11H2,1-2H3,(H,14,16). The topological polar surface area (TPSA) is 75.7 Å². The lowest BCUT2D eigenvalue weighted by Gasteiger charge is -2.19. The lowest BCUT2D eigenvalue weighted by atomic mass is 10.2. The molecule has 0 saturated heterocycles. The molecule has 0 aliphatic heterocycles. The van der Waals surface area contributed by atoms with Gasteiger partial charge in [-0.05, 0) is 5.56 Å². The minimum atomic E-state index is -3.45. The van der Waals surface area contributed by atoms with Crippen molar-refractivity contribution in [1.82, 2.24) is 9.62 Å². The maximum Gasteiger partial charge on any atom is 0.235 e. The third-order valence-electron chi connectivity index (χ3n) is 2.62. The van der Waals surface area contributed by atoms with E-state index >= 15 is 0 Å². The summed E-state index contributed by atoms with van der Waals surface area (Å²) in [6.07, 6.45) is 1.10. The van der Waals surface area contributed by atoms with Crippen LogP contribution in [0.2, 0.25) is 0 Å². The van der Waals surface area contributed by atoms with E-state index < -0.39 is 10.0 Å². The van der Waals surface area contributed by atoms with E-state index in [1.54, 1.807) is 0 Å². The van der Waals surface area contributed by atoms with E-state index in [9.17, 15) is 13.2 Å². The smallest absolute Gasteiger partial charge is 0.235 e. The molecule has 1 amide bonds. The van der Waals surface area contributed by atoms with Gasteiger partial charge in [-0.2, -0.15) is 4.31 Å². The van der Waals surface area contributed by atoms with E-state index in [1.165, 1.54) is 7.11 Å². The molecule has 1 rings (SSSR count). The Morgan fingerprint density at radius 3 is 2.50 bits per heavy atom. The van der Waals surface area contributed by atoms with Crippen LogP contribution in [0.3, 0.4) is 0 Å². The number of methoxy groups -OCH3 is 1. The van der Waals surface area contributed by atoms with E-state index in [4.69, 9.17) is 4.74 Å². The molecule has 0 bridgehead atoms. The molecule has 0 unspecified atom stereocenters. The molecule has 0 fully saturated rings. The molecule has 0 heterocycles. The first-order chi connectivity index (χ1) is 9.43. The fourth-order valence-electron chi connectivity index (χ4n) is 1.59. The second kappa shape index (κ2) is 7.98. The van der Waals surface area contributed by atoms with Gasteiger partial charge in [0.1, 0.15) is 0 Å². The average molecular weight is 300 g/mol. The van der Waals surface area contributed by atoms with Gasteiger partial charge < -0.3 is 10.1 Å². The van der Waals surface area contributed by atoms with E-state index in [2.05, 4.69) is 5.32 Å². The number of sulfonamides is 1. The lowest BCUT2D eigenvalue weighted by Crippen LogP contribution is -2.40. The Balaban J connectivity index is 2.64. The molecule has 0 saturated carbocycles. The second-order valence-corrected chi connectivity index (χ2v) is 6.34. The van der Waals surface area contributed by atoms with Gasteiger partial charge in [-0.15, -0.1) is 0 Å². The zero-order valence-corrected chi connectivity index (χ0v) is 12.5. The largest absolute Gasteiger partial charge is 0.383 e. The van der Waals surface area contributed by atoms with Crippen molar-refractivity contribution in [2.24, 2.45) is 0 Å². The molecular formula is C13H20N2O4S. The van der Waals surface area contributed by atoms with Crippen LogP contribution >= 0.6 is 0 Å². The summed E-state index contributed by atoms with van der Waals surface area (Å²) in [5.74, 6) is -0.344. The highest BCUT2D eigenvalue weighted by Crippen LogP contribution is 2.07. The highest BCUT2D eigenvalue weighted by molar-refractivity contribution is 7.88. The van der Waals surface area contributed by atoms with Gasteiger partial charge in [0, 0.05) is 20.2 Å². The molecule has 1 N–H and O–H groups in total. The number of carbonyl (C=O) groups is 1. The molecule has 1 aromatic rings. The first-order valence-electron chi connectivity index (χ1n) is 6.18. The number of nitrogens with one attached hydrogen (secondary N) is 1. The van der Waals surface area contributed by atoms with Crippen LogP contribution in [0, 0.1) is 0 Å². The number of benzene rings is 1. The first-order valence-corrected chi connectivity index (χ1v) is 8.03. The molecule has 0 atom stereocenters. The van der Waals surface area contributed by atoms with Crippen LogP contribution in [0.1, 0.15) is 5.56 Å². The van der Waals surface area contributed by atoms with Gasteiger partial charge >= 0.3 is 0 Å². The van der Waals surface area contributed by atoms with Crippen LogP contribution in [0.25, 0.3) is 0 Å². The molecule has 0 radical (unpaired) electrons. The number of hydrogen-bond acceptors (Lipinski definition) is 4. The number of carbonyl (C=O) groups excluding carboxylic acids is 1. The van der Waals surface area contributed by atoms with Crippen LogP contribution in [0.4, 0.5) is 0 Å². The summed E-state index contributed by atoms with van der Waals surface area (Å²) in [7, 11) is -1.92. The van der Waals surface area contributed by atoms with Gasteiger partial charge in [-0.25, -0.2) is 8.42 Å². The number of ether oxygens (including phenoxy) is 1. The average Bonchev–Trinajstić information content (AvgIpc) is 2.38. The van der Waals surface area contributed by atoms with Crippen molar-refractivity contribution in [2.45, 2.75) is 6.54 Å². The van der Waals surface area contributed by atoms with Crippen molar-refractivity contribution in [2.75, 3.05) is 33.1 Å². The first kappa shape index (κ1) is 16.6. The highest BCUT2D eigenvalue weighted by atomic mass is 32.2. The van der Waals surface area contributed by atoms with Crippen LogP contribution in [-0.2, 0) is 26.1 Å². The Bertz CT molecular complexity index is 516. The monoisotopic (exact) mass is 300 g/mol. The van der Waals surface area contributed by atoms with Crippen molar-refractivity contribution in [1.29, 1.82) is 0 Å². The third-order valence-corrected chi connectivity index (χ3v) is 3.82. The molecule has 0 aliphatic carbocycles. The summed E-state index contributed by atoms with van der Waals surface area (Å²) < 4.78 is 29.4. The van der Waals surface area contributed by atoms with Gasteiger partial charge in [-0.1, -0.05) is 30.3 Å². The molecule has 0 spiro atoms. The van der Waals surface area contributed by atoms with E-state index in [-0.39, 0.29) is 19.0 Å². The van der Waals surface area contributed by atoms with Crippen molar-refractivity contribution in [3.63, 3.8) is 0 Å². The van der Waals surface area contributed by atoms with Crippen molar-refractivity contribution < 1.29 is 17.9 Å². The molecule has 7 heteroatoms. The predicted molar refractivity (Wildman–Crippen MR) is 76.6 cm³/mol. The van der Waals surface area contributed by atoms with E-state index in [0.717, 1.165) is 16.1 Å². The Morgan fingerprint density at radius 1 is 1.30 bits per heavy atom.